The van der Waals surface area contributed by atoms with Crippen LogP contribution in [0.5, 0.6) is 0 Å². The van der Waals surface area contributed by atoms with E-state index in [9.17, 15) is 0 Å². The number of aryl methyl sites for hydroxylation is 2. The maximum absolute atomic E-state index is 4.42. The molecule has 0 unspecified atom stereocenters. The molecule has 0 aliphatic carbocycles. The van der Waals surface area contributed by atoms with Crippen molar-refractivity contribution in [3.63, 3.8) is 0 Å². The monoisotopic (exact) mass is 410 g/mol. The summed E-state index contributed by atoms with van der Waals surface area (Å²) in [7, 11) is 2.11. The average molecular weight is 411 g/mol. The highest BCUT2D eigenvalue weighted by atomic mass is 15.1. The van der Waals surface area contributed by atoms with Crippen LogP contribution in [0.1, 0.15) is 56.2 Å². The first-order valence-electron chi connectivity index (χ1n) is 11.1. The normalized spacial score (nSPS) is 11.5. The lowest BCUT2D eigenvalue weighted by molar-refractivity contribution is -0.659. The van der Waals surface area contributed by atoms with Crippen molar-refractivity contribution in [2.24, 2.45) is 7.05 Å². The molecule has 0 fully saturated rings. The Hall–Kier alpha value is -3.20. The molecule has 0 saturated carbocycles. The van der Waals surface area contributed by atoms with E-state index >= 15 is 0 Å². The largest absolute Gasteiger partial charge is 0.295 e. The molecule has 2 aromatic carbocycles. The summed E-state index contributed by atoms with van der Waals surface area (Å²) in [5.74, 6) is 1.94. The fourth-order valence-corrected chi connectivity index (χ4v) is 4.31. The Balaban J connectivity index is 2.04. The summed E-state index contributed by atoms with van der Waals surface area (Å²) in [5, 5.41) is 0. The van der Waals surface area contributed by atoms with Gasteiger partial charge >= 0.3 is 0 Å². The fourth-order valence-electron chi connectivity index (χ4n) is 4.31. The second-order valence-corrected chi connectivity index (χ2v) is 8.97. The van der Waals surface area contributed by atoms with Gasteiger partial charge in [-0.1, -0.05) is 58.0 Å². The molecule has 31 heavy (non-hydrogen) atoms. The Kier molecular flexibility index (Phi) is 5.77. The van der Waals surface area contributed by atoms with Gasteiger partial charge in [0.25, 0.3) is 5.82 Å². The summed E-state index contributed by atoms with van der Waals surface area (Å²) in [5.41, 5.74) is 8.96. The Morgan fingerprint density at radius 3 is 2.10 bits per heavy atom. The minimum atomic E-state index is 0.395. The molecular formula is C28H32N3+. The molecule has 4 rings (SSSR count). The molecule has 0 spiro atoms. The van der Waals surface area contributed by atoms with Crippen LogP contribution in [0.2, 0.25) is 0 Å². The Morgan fingerprint density at radius 1 is 0.871 bits per heavy atom. The van der Waals surface area contributed by atoms with Crippen LogP contribution in [-0.2, 0) is 7.05 Å². The number of benzene rings is 2. The third kappa shape index (κ3) is 3.93. The highest BCUT2D eigenvalue weighted by molar-refractivity contribution is 5.71. The molecule has 4 aromatic rings. The zero-order valence-electron chi connectivity index (χ0n) is 19.4. The van der Waals surface area contributed by atoms with Crippen LogP contribution in [0.4, 0.5) is 0 Å². The summed E-state index contributed by atoms with van der Waals surface area (Å²) in [6.07, 6.45) is 8.17. The number of aromatic nitrogens is 3. The first-order chi connectivity index (χ1) is 14.9. The van der Waals surface area contributed by atoms with Gasteiger partial charge in [-0.2, -0.15) is 4.57 Å². The van der Waals surface area contributed by atoms with E-state index in [1.165, 1.54) is 33.5 Å². The van der Waals surface area contributed by atoms with Gasteiger partial charge in [-0.3, -0.25) is 4.98 Å². The number of pyridine rings is 1. The van der Waals surface area contributed by atoms with E-state index in [0.29, 0.717) is 11.8 Å². The quantitative estimate of drug-likeness (QED) is 0.340. The molecule has 0 atom stereocenters. The van der Waals surface area contributed by atoms with Crippen molar-refractivity contribution >= 4 is 0 Å². The maximum Gasteiger partial charge on any atom is 0.295 e. The molecule has 0 N–H and O–H groups in total. The molecule has 0 aliphatic heterocycles. The predicted molar refractivity (Wildman–Crippen MR) is 129 cm³/mol. The third-order valence-corrected chi connectivity index (χ3v) is 6.04. The Labute approximate surface area is 186 Å². The molecule has 0 amide bonds. The first kappa shape index (κ1) is 21.0. The van der Waals surface area contributed by atoms with Crippen molar-refractivity contribution in [3.05, 3.63) is 90.0 Å². The zero-order chi connectivity index (χ0) is 22.1. The van der Waals surface area contributed by atoms with Crippen molar-refractivity contribution < 1.29 is 4.57 Å². The minimum Gasteiger partial charge on any atom is -0.264 e. The van der Waals surface area contributed by atoms with E-state index < -0.39 is 0 Å². The second kappa shape index (κ2) is 8.50. The van der Waals surface area contributed by atoms with Crippen molar-refractivity contribution in [1.82, 2.24) is 9.55 Å². The lowest BCUT2D eigenvalue weighted by Gasteiger charge is -2.20. The molecule has 0 bridgehead atoms. The van der Waals surface area contributed by atoms with Gasteiger partial charge in [0, 0.05) is 23.5 Å². The number of imidazole rings is 1. The predicted octanol–water partition coefficient (Wildman–Crippen LogP) is 6.59. The van der Waals surface area contributed by atoms with Crippen LogP contribution in [0.25, 0.3) is 28.2 Å². The summed E-state index contributed by atoms with van der Waals surface area (Å²) >= 11 is 0. The lowest BCUT2D eigenvalue weighted by atomic mass is 9.88. The Bertz CT molecular complexity index is 1170. The fraction of sp³-hybridized carbons (Fsp3) is 0.286. The van der Waals surface area contributed by atoms with Gasteiger partial charge in [0.05, 0.1) is 12.6 Å². The van der Waals surface area contributed by atoms with Gasteiger partial charge in [-0.15, -0.1) is 0 Å². The smallest absolute Gasteiger partial charge is 0.264 e. The van der Waals surface area contributed by atoms with Gasteiger partial charge in [0.15, 0.2) is 0 Å². The molecule has 0 aliphatic rings. The van der Waals surface area contributed by atoms with E-state index in [1.54, 1.807) is 0 Å². The van der Waals surface area contributed by atoms with E-state index in [2.05, 4.69) is 117 Å². The van der Waals surface area contributed by atoms with Gasteiger partial charge in [0.2, 0.25) is 0 Å². The van der Waals surface area contributed by atoms with Crippen molar-refractivity contribution in [2.45, 2.75) is 46.5 Å². The number of nitrogens with zero attached hydrogens (tertiary/aromatic N) is 3. The highest BCUT2D eigenvalue weighted by Crippen LogP contribution is 2.37. The Morgan fingerprint density at radius 2 is 1.52 bits per heavy atom. The molecule has 158 valence electrons. The minimum absolute atomic E-state index is 0.395. The zero-order valence-corrected chi connectivity index (χ0v) is 19.4. The first-order valence-corrected chi connectivity index (χ1v) is 11.1. The molecule has 2 heterocycles. The second-order valence-electron chi connectivity index (χ2n) is 8.97. The van der Waals surface area contributed by atoms with Crippen molar-refractivity contribution in [2.75, 3.05) is 0 Å². The summed E-state index contributed by atoms with van der Waals surface area (Å²) in [4.78, 5) is 4.42. The van der Waals surface area contributed by atoms with Gasteiger partial charge < -0.3 is 0 Å². The summed E-state index contributed by atoms with van der Waals surface area (Å²) in [6.45, 7) is 11.3. The van der Waals surface area contributed by atoms with Gasteiger partial charge in [-0.25, -0.2) is 4.57 Å². The van der Waals surface area contributed by atoms with E-state index in [-0.39, 0.29) is 0 Å². The van der Waals surface area contributed by atoms with Crippen LogP contribution < -0.4 is 4.57 Å². The summed E-state index contributed by atoms with van der Waals surface area (Å²) < 4.78 is 4.56. The van der Waals surface area contributed by atoms with Crippen LogP contribution in [0.3, 0.4) is 0 Å². The molecule has 3 nitrogen and oxygen atoms in total. The molecule has 2 aromatic heterocycles. The van der Waals surface area contributed by atoms with Crippen LogP contribution >= 0.6 is 0 Å². The third-order valence-electron chi connectivity index (χ3n) is 6.04. The van der Waals surface area contributed by atoms with Gasteiger partial charge in [-0.05, 0) is 53.6 Å². The number of hydrogen-bond acceptors (Lipinski definition) is 1. The van der Waals surface area contributed by atoms with E-state index in [4.69, 9.17) is 0 Å². The molecule has 0 saturated heterocycles. The van der Waals surface area contributed by atoms with Crippen molar-refractivity contribution in [3.8, 4) is 28.2 Å². The van der Waals surface area contributed by atoms with E-state index in [0.717, 1.165) is 11.4 Å². The van der Waals surface area contributed by atoms with Crippen molar-refractivity contribution in [1.29, 1.82) is 0 Å². The van der Waals surface area contributed by atoms with E-state index in [1.807, 2.05) is 12.4 Å². The van der Waals surface area contributed by atoms with Crippen LogP contribution in [0, 0.1) is 6.92 Å². The molecule has 0 radical (unpaired) electrons. The molecular weight excluding hydrogens is 378 g/mol. The topological polar surface area (TPSA) is 21.7 Å². The lowest BCUT2D eigenvalue weighted by Crippen LogP contribution is -2.29. The highest BCUT2D eigenvalue weighted by Gasteiger charge is 2.27. The molecule has 3 heteroatoms. The average Bonchev–Trinajstić information content (AvgIpc) is 3.14. The maximum atomic E-state index is 4.42. The van der Waals surface area contributed by atoms with Crippen LogP contribution in [-0.4, -0.2) is 9.55 Å². The standard InChI is InChI=1S/C28H32N3/c1-19(2)24-16-23(22-10-8-7-9-11-22)17-25(20(3)4)27(24)31-15-14-30(6)28(31)26-18-29-13-12-21(26)5/h7-20H,1-6H3/q+1. The van der Waals surface area contributed by atoms with Gasteiger partial charge in [0.1, 0.15) is 18.1 Å². The summed E-state index contributed by atoms with van der Waals surface area (Å²) in [6, 6.07) is 17.5. The number of hydrogen-bond donors (Lipinski definition) is 0. The van der Waals surface area contributed by atoms with Crippen LogP contribution in [0.15, 0.2) is 73.3 Å². The number of rotatable bonds is 5. The SMILES string of the molecule is Cc1ccncc1-c1n(-c2c(C(C)C)cc(-c3ccccc3)cc2C(C)C)cc[n+]1C.